The zero-order valence-corrected chi connectivity index (χ0v) is 20.7. The second-order valence-corrected chi connectivity index (χ2v) is 11.2. The molecule has 2 aliphatic rings. The van der Waals surface area contributed by atoms with Gasteiger partial charge in [0.05, 0.1) is 11.1 Å². The van der Waals surface area contributed by atoms with Crippen LogP contribution in [-0.2, 0) is 21.4 Å². The maximum Gasteiger partial charge on any atom is 0.245 e. The lowest BCUT2D eigenvalue weighted by atomic mass is 10.1. The van der Waals surface area contributed by atoms with Crippen LogP contribution >= 0.6 is 11.6 Å². The summed E-state index contributed by atoms with van der Waals surface area (Å²) < 4.78 is 30.8. The zero-order chi connectivity index (χ0) is 23.4. The Morgan fingerprint density at radius 2 is 1.88 bits per heavy atom. The van der Waals surface area contributed by atoms with Gasteiger partial charge in [0.25, 0.3) is 0 Å². The summed E-state index contributed by atoms with van der Waals surface area (Å²) in [5, 5.41) is 3.21. The van der Waals surface area contributed by atoms with E-state index in [1.807, 2.05) is 22.9 Å². The minimum absolute atomic E-state index is 0.0798. The average molecular weight is 493 g/mol. The van der Waals surface area contributed by atoms with Crippen molar-refractivity contribution < 1.29 is 13.2 Å². The second-order valence-electron chi connectivity index (χ2n) is 8.95. The summed E-state index contributed by atoms with van der Waals surface area (Å²) in [5.41, 5.74) is 1.43. The third-order valence-electron chi connectivity index (χ3n) is 6.65. The van der Waals surface area contributed by atoms with Gasteiger partial charge in [0.1, 0.15) is 4.90 Å². The van der Waals surface area contributed by atoms with Gasteiger partial charge in [-0.2, -0.15) is 4.31 Å². The van der Waals surface area contributed by atoms with Crippen LogP contribution in [0.5, 0.6) is 0 Å². The molecule has 0 spiro atoms. The number of hydrogen-bond acceptors (Lipinski definition) is 4. The number of carbonyl (C=O) groups excluding carboxylic acids is 1. The van der Waals surface area contributed by atoms with Crippen molar-refractivity contribution in [1.82, 2.24) is 19.1 Å². The molecule has 1 saturated heterocycles. The van der Waals surface area contributed by atoms with E-state index in [4.69, 9.17) is 11.6 Å². The Labute approximate surface area is 201 Å². The highest BCUT2D eigenvalue weighted by molar-refractivity contribution is 7.89. The summed E-state index contributed by atoms with van der Waals surface area (Å²) in [4.78, 5) is 15.4. The van der Waals surface area contributed by atoms with Crippen LogP contribution < -0.4 is 5.32 Å². The topological polar surface area (TPSA) is 74.6 Å². The minimum atomic E-state index is -3.88. The minimum Gasteiger partial charge on any atom is -0.356 e. The molecule has 1 aromatic heterocycles. The molecular weight excluding hydrogens is 460 g/mol. The molecule has 7 nitrogen and oxygen atoms in total. The molecule has 1 unspecified atom stereocenters. The molecule has 180 valence electrons. The zero-order valence-electron chi connectivity index (χ0n) is 19.2. The summed E-state index contributed by atoms with van der Waals surface area (Å²) in [5.74, 6) is -0.135. The summed E-state index contributed by atoms with van der Waals surface area (Å²) in [6.07, 6.45) is 6.73. The molecule has 1 atom stereocenters. The van der Waals surface area contributed by atoms with Crippen molar-refractivity contribution in [1.29, 1.82) is 0 Å². The van der Waals surface area contributed by atoms with Crippen molar-refractivity contribution >= 4 is 27.5 Å². The number of likely N-dealkylation sites (tertiary alicyclic amines) is 1. The Balaban J connectivity index is 1.46. The number of rotatable bonds is 8. The number of nitrogens with one attached hydrogen (secondary N) is 1. The summed E-state index contributed by atoms with van der Waals surface area (Å²) in [6, 6.07) is 8.31. The van der Waals surface area contributed by atoms with Crippen LogP contribution in [0.3, 0.4) is 0 Å². The highest BCUT2D eigenvalue weighted by Gasteiger charge is 2.39. The van der Waals surface area contributed by atoms with E-state index < -0.39 is 16.1 Å². The molecule has 1 amide bonds. The van der Waals surface area contributed by atoms with E-state index in [1.54, 1.807) is 25.1 Å². The maximum atomic E-state index is 13.7. The molecule has 0 saturated carbocycles. The van der Waals surface area contributed by atoms with Gasteiger partial charge in [0, 0.05) is 37.9 Å². The van der Waals surface area contributed by atoms with Crippen LogP contribution in [-0.4, -0.2) is 60.8 Å². The molecule has 0 bridgehead atoms. The molecule has 1 aromatic carbocycles. The van der Waals surface area contributed by atoms with Gasteiger partial charge >= 0.3 is 0 Å². The van der Waals surface area contributed by atoms with E-state index in [2.05, 4.69) is 10.2 Å². The molecular formula is C24H33ClN4O3S. The average Bonchev–Trinajstić information content (AvgIpc) is 3.27. The molecule has 2 aliphatic heterocycles. The second kappa shape index (κ2) is 10.6. The van der Waals surface area contributed by atoms with Crippen LogP contribution in [0, 0.1) is 6.92 Å². The molecule has 4 rings (SSSR count). The lowest BCUT2D eigenvalue weighted by Gasteiger charge is -2.36. The van der Waals surface area contributed by atoms with Gasteiger partial charge < -0.3 is 14.8 Å². The van der Waals surface area contributed by atoms with E-state index in [-0.39, 0.29) is 22.2 Å². The van der Waals surface area contributed by atoms with E-state index in [9.17, 15) is 13.2 Å². The molecule has 1 fully saturated rings. The first-order valence-corrected chi connectivity index (χ1v) is 13.6. The maximum absolute atomic E-state index is 13.7. The Bertz CT molecular complexity index is 1060. The quantitative estimate of drug-likeness (QED) is 0.571. The monoisotopic (exact) mass is 492 g/mol. The van der Waals surface area contributed by atoms with Crippen LogP contribution in [0.1, 0.15) is 49.4 Å². The summed E-state index contributed by atoms with van der Waals surface area (Å²) in [6.45, 7) is 6.44. The standard InChI is InChI=1S/C24H33ClN4O3S/c1-19-8-5-9-20(25)24(19)33(31,32)29-17-16-28-15-6-10-21(28)22(29)18-23(30)26-11-7-14-27-12-3-2-4-13-27/h5-6,8-10,15,22H,2-4,7,11-14,16-18H2,1H3,(H,26,30). The normalized spacial score (nSPS) is 19.9. The molecule has 0 aliphatic carbocycles. The molecule has 3 heterocycles. The predicted octanol–water partition coefficient (Wildman–Crippen LogP) is 3.58. The molecule has 9 heteroatoms. The number of hydrogen-bond donors (Lipinski definition) is 1. The number of carbonyl (C=O) groups is 1. The van der Waals surface area contributed by atoms with Crippen LogP contribution in [0.25, 0.3) is 0 Å². The first-order chi connectivity index (χ1) is 15.9. The van der Waals surface area contributed by atoms with Crippen molar-refractivity contribution in [3.05, 3.63) is 52.8 Å². The number of amides is 1. The first-order valence-electron chi connectivity index (χ1n) is 11.8. The Hall–Kier alpha value is -1.87. The highest BCUT2D eigenvalue weighted by Crippen LogP contribution is 2.37. The van der Waals surface area contributed by atoms with E-state index >= 15 is 0 Å². The number of fused-ring (bicyclic) bond motifs is 1. The largest absolute Gasteiger partial charge is 0.356 e. The first kappa shape index (κ1) is 24.3. The summed E-state index contributed by atoms with van der Waals surface area (Å²) in [7, 11) is -3.88. The van der Waals surface area contributed by atoms with Gasteiger partial charge in [0.15, 0.2) is 0 Å². The van der Waals surface area contributed by atoms with Gasteiger partial charge in [0.2, 0.25) is 15.9 Å². The van der Waals surface area contributed by atoms with Gasteiger partial charge in [-0.3, -0.25) is 4.79 Å². The number of benzene rings is 1. The predicted molar refractivity (Wildman–Crippen MR) is 130 cm³/mol. The highest BCUT2D eigenvalue weighted by atomic mass is 35.5. The van der Waals surface area contributed by atoms with Crippen molar-refractivity contribution in [2.24, 2.45) is 0 Å². The number of halogens is 1. The number of aryl methyl sites for hydroxylation is 1. The number of aromatic nitrogens is 1. The van der Waals surface area contributed by atoms with Crippen LogP contribution in [0.15, 0.2) is 41.4 Å². The van der Waals surface area contributed by atoms with E-state index in [0.717, 1.165) is 31.7 Å². The SMILES string of the molecule is Cc1cccc(Cl)c1S(=O)(=O)N1CCn2cccc2C1CC(=O)NCCCN1CCCCC1. The molecule has 0 radical (unpaired) electrons. The Morgan fingerprint density at radius 1 is 1.09 bits per heavy atom. The fourth-order valence-corrected chi connectivity index (χ4v) is 7.34. The third-order valence-corrected chi connectivity index (χ3v) is 9.19. The third kappa shape index (κ3) is 5.45. The summed E-state index contributed by atoms with van der Waals surface area (Å²) >= 11 is 6.32. The smallest absolute Gasteiger partial charge is 0.245 e. The lowest BCUT2D eigenvalue weighted by Crippen LogP contribution is -2.44. The fourth-order valence-electron chi connectivity index (χ4n) is 4.96. The number of sulfonamides is 1. The van der Waals surface area contributed by atoms with Crippen molar-refractivity contribution in [3.63, 3.8) is 0 Å². The van der Waals surface area contributed by atoms with Crippen LogP contribution in [0.4, 0.5) is 0 Å². The van der Waals surface area contributed by atoms with Crippen molar-refractivity contribution in [2.75, 3.05) is 32.7 Å². The van der Waals surface area contributed by atoms with E-state index in [0.29, 0.717) is 25.2 Å². The molecule has 1 N–H and O–H groups in total. The number of piperidine rings is 1. The van der Waals surface area contributed by atoms with E-state index in [1.165, 1.54) is 23.6 Å². The molecule has 2 aromatic rings. The van der Waals surface area contributed by atoms with Gasteiger partial charge in [-0.1, -0.05) is 30.2 Å². The Morgan fingerprint density at radius 3 is 2.64 bits per heavy atom. The van der Waals surface area contributed by atoms with Gasteiger partial charge in [-0.15, -0.1) is 0 Å². The fraction of sp³-hybridized carbons (Fsp3) is 0.542. The lowest BCUT2D eigenvalue weighted by molar-refractivity contribution is -0.122. The van der Waals surface area contributed by atoms with Crippen LogP contribution in [0.2, 0.25) is 5.02 Å². The Kier molecular flexibility index (Phi) is 7.79. The van der Waals surface area contributed by atoms with Gasteiger partial charge in [-0.05, 0) is 69.6 Å². The van der Waals surface area contributed by atoms with Crippen molar-refractivity contribution in [3.8, 4) is 0 Å². The van der Waals surface area contributed by atoms with Crippen molar-refractivity contribution in [2.45, 2.75) is 56.5 Å². The number of nitrogens with zero attached hydrogens (tertiary/aromatic N) is 3. The molecule has 33 heavy (non-hydrogen) atoms. The van der Waals surface area contributed by atoms with Gasteiger partial charge in [-0.25, -0.2) is 8.42 Å².